The molecule has 2 N–H and O–H groups in total. The number of nitrogens with zero attached hydrogens (tertiary/aromatic N) is 1. The number of rotatable bonds is 3. The maximum Gasteiger partial charge on any atom is 0.161 e. The third-order valence-electron chi connectivity index (χ3n) is 3.64. The Morgan fingerprint density at radius 3 is 2.50 bits per heavy atom. The van der Waals surface area contributed by atoms with Crippen LogP contribution >= 0.6 is 0 Å². The first-order valence-corrected chi connectivity index (χ1v) is 6.67. The van der Waals surface area contributed by atoms with Gasteiger partial charge in [-0.1, -0.05) is 0 Å². The van der Waals surface area contributed by atoms with Crippen LogP contribution in [0.15, 0.2) is 12.1 Å². The third kappa shape index (κ3) is 2.82. The molecule has 2 atom stereocenters. The second-order valence-electron chi connectivity index (χ2n) is 5.21. The average molecular weight is 288 g/mol. The molecule has 0 bridgehead atoms. The van der Waals surface area contributed by atoms with Gasteiger partial charge in [0.05, 0.1) is 18.8 Å². The Bertz CT molecular complexity index is 482. The molecule has 0 spiro atoms. The monoisotopic (exact) mass is 288 g/mol. The Morgan fingerprint density at radius 1 is 1.25 bits per heavy atom. The molecule has 2 unspecified atom stereocenters. The van der Waals surface area contributed by atoms with Gasteiger partial charge in [0.1, 0.15) is 5.82 Å². The normalized spacial score (nSPS) is 24.4. The highest BCUT2D eigenvalue weighted by Gasteiger charge is 2.36. The molecule has 1 aliphatic rings. The van der Waals surface area contributed by atoms with E-state index in [1.807, 2.05) is 18.7 Å². The minimum Gasteiger partial charge on any atom is -0.374 e. The van der Waals surface area contributed by atoms with Crippen LogP contribution in [0.5, 0.6) is 0 Å². The van der Waals surface area contributed by atoms with E-state index in [4.69, 9.17) is 10.5 Å². The van der Waals surface area contributed by atoms with Gasteiger partial charge >= 0.3 is 0 Å². The summed E-state index contributed by atoms with van der Waals surface area (Å²) in [6.07, 6.45) is -0.439. The fraction of sp³-hybridized carbons (Fsp3) is 0.571. The maximum atomic E-state index is 14.0. The molecule has 1 saturated heterocycles. The van der Waals surface area contributed by atoms with Gasteiger partial charge in [0.15, 0.2) is 11.6 Å². The molecule has 20 heavy (non-hydrogen) atoms. The van der Waals surface area contributed by atoms with Crippen molar-refractivity contribution in [3.63, 3.8) is 0 Å². The Labute approximate surface area is 116 Å². The van der Waals surface area contributed by atoms with Crippen molar-refractivity contribution in [2.24, 2.45) is 5.73 Å². The number of morpholine rings is 1. The lowest BCUT2D eigenvalue weighted by molar-refractivity contribution is -0.0800. The molecular weight excluding hydrogens is 269 g/mol. The van der Waals surface area contributed by atoms with E-state index in [1.54, 1.807) is 0 Å². The Kier molecular flexibility index (Phi) is 4.67. The molecule has 1 aromatic carbocycles. The van der Waals surface area contributed by atoms with Crippen molar-refractivity contribution in [1.29, 1.82) is 0 Å². The number of halogens is 3. The minimum atomic E-state index is -1.19. The Morgan fingerprint density at radius 2 is 1.90 bits per heavy atom. The predicted octanol–water partition coefficient (Wildman–Crippen LogP) is 2.21. The summed E-state index contributed by atoms with van der Waals surface area (Å²) >= 11 is 0. The lowest BCUT2D eigenvalue weighted by atomic mass is 9.96. The van der Waals surface area contributed by atoms with Gasteiger partial charge in [-0.15, -0.1) is 0 Å². The zero-order chi connectivity index (χ0) is 14.9. The van der Waals surface area contributed by atoms with Crippen molar-refractivity contribution in [2.75, 3.05) is 19.7 Å². The van der Waals surface area contributed by atoms with Crippen LogP contribution in [0, 0.1) is 17.5 Å². The SMILES string of the molecule is CC(C)N1CCOC(CN)C1c1cc(F)c(F)cc1F. The van der Waals surface area contributed by atoms with Crippen molar-refractivity contribution in [1.82, 2.24) is 4.90 Å². The van der Waals surface area contributed by atoms with Crippen LogP contribution < -0.4 is 5.73 Å². The highest BCUT2D eigenvalue weighted by Crippen LogP contribution is 2.33. The van der Waals surface area contributed by atoms with Gasteiger partial charge in [0.25, 0.3) is 0 Å². The number of hydrogen-bond donors (Lipinski definition) is 1. The maximum absolute atomic E-state index is 14.0. The highest BCUT2D eigenvalue weighted by molar-refractivity contribution is 5.25. The van der Waals surface area contributed by atoms with Gasteiger partial charge in [-0.3, -0.25) is 4.90 Å². The van der Waals surface area contributed by atoms with Gasteiger partial charge in [0.2, 0.25) is 0 Å². The molecule has 1 aliphatic heterocycles. The van der Waals surface area contributed by atoms with Gasteiger partial charge in [-0.25, -0.2) is 13.2 Å². The van der Waals surface area contributed by atoms with Crippen LogP contribution in [0.2, 0.25) is 0 Å². The van der Waals surface area contributed by atoms with E-state index >= 15 is 0 Å². The van der Waals surface area contributed by atoms with Crippen molar-refractivity contribution >= 4 is 0 Å². The zero-order valence-corrected chi connectivity index (χ0v) is 11.6. The number of hydrogen-bond acceptors (Lipinski definition) is 3. The number of nitrogens with two attached hydrogens (primary N) is 1. The molecule has 3 nitrogen and oxygen atoms in total. The smallest absolute Gasteiger partial charge is 0.161 e. The lowest BCUT2D eigenvalue weighted by Gasteiger charge is -2.43. The van der Waals surface area contributed by atoms with Crippen molar-refractivity contribution in [3.05, 3.63) is 35.1 Å². The molecule has 1 heterocycles. The van der Waals surface area contributed by atoms with E-state index < -0.39 is 29.6 Å². The highest BCUT2D eigenvalue weighted by atomic mass is 19.2. The first-order chi connectivity index (χ1) is 9.45. The average Bonchev–Trinajstić information content (AvgIpc) is 2.42. The molecule has 6 heteroatoms. The molecule has 0 amide bonds. The second kappa shape index (κ2) is 6.11. The molecule has 0 radical (unpaired) electrons. The lowest BCUT2D eigenvalue weighted by Crippen LogP contribution is -2.51. The van der Waals surface area contributed by atoms with Crippen LogP contribution in [0.3, 0.4) is 0 Å². The second-order valence-corrected chi connectivity index (χ2v) is 5.21. The fourth-order valence-electron chi connectivity index (χ4n) is 2.67. The molecule has 1 aromatic rings. The molecule has 0 aliphatic carbocycles. The number of ether oxygens (including phenoxy) is 1. The quantitative estimate of drug-likeness (QED) is 0.867. The molecule has 0 saturated carbocycles. The first-order valence-electron chi connectivity index (χ1n) is 6.67. The van der Waals surface area contributed by atoms with E-state index in [1.165, 1.54) is 0 Å². The van der Waals surface area contributed by atoms with Crippen molar-refractivity contribution < 1.29 is 17.9 Å². The fourth-order valence-corrected chi connectivity index (χ4v) is 2.67. The Hall–Kier alpha value is -1.11. The van der Waals surface area contributed by atoms with Crippen LogP contribution in [0.4, 0.5) is 13.2 Å². The van der Waals surface area contributed by atoms with E-state index in [2.05, 4.69) is 0 Å². The minimum absolute atomic E-state index is 0.0905. The summed E-state index contributed by atoms with van der Waals surface area (Å²) in [6, 6.07) is 1.09. The topological polar surface area (TPSA) is 38.5 Å². The Balaban J connectivity index is 2.46. The van der Waals surface area contributed by atoms with Gasteiger partial charge in [-0.2, -0.15) is 0 Å². The first kappa shape index (κ1) is 15.3. The molecule has 112 valence electrons. The third-order valence-corrected chi connectivity index (χ3v) is 3.64. The summed E-state index contributed by atoms with van der Waals surface area (Å²) in [6.45, 7) is 5.19. The van der Waals surface area contributed by atoms with Crippen LogP contribution in [-0.4, -0.2) is 36.7 Å². The molecule has 1 fully saturated rings. The predicted molar refractivity (Wildman–Crippen MR) is 69.7 cm³/mol. The van der Waals surface area contributed by atoms with Gasteiger partial charge in [0, 0.05) is 30.8 Å². The van der Waals surface area contributed by atoms with Crippen LogP contribution in [-0.2, 0) is 4.74 Å². The largest absolute Gasteiger partial charge is 0.374 e. The van der Waals surface area contributed by atoms with E-state index in [0.717, 1.165) is 6.07 Å². The molecule has 2 rings (SSSR count). The molecule has 0 aromatic heterocycles. The summed E-state index contributed by atoms with van der Waals surface area (Å²) in [4.78, 5) is 2.00. The van der Waals surface area contributed by atoms with Gasteiger partial charge in [-0.05, 0) is 19.9 Å². The summed E-state index contributed by atoms with van der Waals surface area (Å²) in [5.74, 6) is -3.03. The summed E-state index contributed by atoms with van der Waals surface area (Å²) < 4.78 is 46.1. The van der Waals surface area contributed by atoms with Crippen molar-refractivity contribution in [3.8, 4) is 0 Å². The van der Waals surface area contributed by atoms with Crippen LogP contribution in [0.25, 0.3) is 0 Å². The zero-order valence-electron chi connectivity index (χ0n) is 11.6. The van der Waals surface area contributed by atoms with Crippen LogP contribution in [0.1, 0.15) is 25.5 Å². The summed E-state index contributed by atoms with van der Waals surface area (Å²) in [5.41, 5.74) is 5.76. The van der Waals surface area contributed by atoms with Gasteiger partial charge < -0.3 is 10.5 Å². The molecular formula is C14H19F3N2O. The van der Waals surface area contributed by atoms with E-state index in [0.29, 0.717) is 19.2 Å². The number of benzene rings is 1. The van der Waals surface area contributed by atoms with E-state index in [9.17, 15) is 13.2 Å². The van der Waals surface area contributed by atoms with Crippen molar-refractivity contribution in [2.45, 2.75) is 32.0 Å². The standard InChI is InChI=1S/C14H19F3N2O/c1-8(2)19-3-4-20-13(7-18)14(19)9-5-11(16)12(17)6-10(9)15/h5-6,8,13-14H,3-4,7,18H2,1-2H3. The summed E-state index contributed by atoms with van der Waals surface area (Å²) in [5, 5.41) is 0. The summed E-state index contributed by atoms with van der Waals surface area (Å²) in [7, 11) is 0. The van der Waals surface area contributed by atoms with E-state index in [-0.39, 0.29) is 18.2 Å².